The lowest BCUT2D eigenvalue weighted by Gasteiger charge is -2.06. The smallest absolute Gasteiger partial charge is 0.276 e. The lowest BCUT2D eigenvalue weighted by atomic mass is 10.2. The molecule has 0 bridgehead atoms. The van der Waals surface area contributed by atoms with Crippen molar-refractivity contribution in [2.45, 2.75) is 20.4 Å². The van der Waals surface area contributed by atoms with Crippen molar-refractivity contribution < 1.29 is 9.90 Å². The van der Waals surface area contributed by atoms with Gasteiger partial charge in [0.25, 0.3) is 5.91 Å². The molecule has 1 aromatic carbocycles. The number of carbonyl (C=O) groups excluding carboxylic acids is 1. The highest BCUT2D eigenvalue weighted by atomic mass is 35.5. The van der Waals surface area contributed by atoms with Crippen LogP contribution in [0.1, 0.15) is 23.1 Å². The number of aromatic nitrogens is 5. The summed E-state index contributed by atoms with van der Waals surface area (Å²) in [5, 5.41) is 21.7. The molecule has 4 rings (SSSR count). The van der Waals surface area contributed by atoms with Crippen LogP contribution in [0.3, 0.4) is 0 Å². The number of carbonyl (C=O) groups is 1. The minimum atomic E-state index is -0.477. The predicted molar refractivity (Wildman–Crippen MR) is 106 cm³/mol. The number of aromatic hydroxyl groups is 1. The van der Waals surface area contributed by atoms with Crippen molar-refractivity contribution in [3.63, 3.8) is 0 Å². The Morgan fingerprint density at radius 1 is 1.29 bits per heavy atom. The van der Waals surface area contributed by atoms with Gasteiger partial charge < -0.3 is 10.4 Å². The lowest BCUT2D eigenvalue weighted by molar-refractivity contribution is 0.102. The summed E-state index contributed by atoms with van der Waals surface area (Å²) >= 11 is 5.93. The van der Waals surface area contributed by atoms with Crippen LogP contribution in [0, 0.1) is 6.92 Å². The third kappa shape index (κ3) is 3.07. The molecule has 3 aromatic heterocycles. The number of hydrogen-bond acceptors (Lipinski definition) is 5. The summed E-state index contributed by atoms with van der Waals surface area (Å²) in [6.45, 7) is 4.76. The molecule has 0 aliphatic carbocycles. The second-order valence-electron chi connectivity index (χ2n) is 6.20. The molecule has 0 fully saturated rings. The van der Waals surface area contributed by atoms with Gasteiger partial charge in [0.15, 0.2) is 11.3 Å². The number of hydrogen-bond donors (Lipinski definition) is 2. The molecule has 2 N–H and O–H groups in total. The molecule has 0 atom stereocenters. The van der Waals surface area contributed by atoms with Crippen LogP contribution in [0.25, 0.3) is 16.9 Å². The summed E-state index contributed by atoms with van der Waals surface area (Å²) in [5.74, 6) is -0.557. The van der Waals surface area contributed by atoms with E-state index in [0.29, 0.717) is 10.7 Å². The van der Waals surface area contributed by atoms with Gasteiger partial charge >= 0.3 is 0 Å². The van der Waals surface area contributed by atoms with E-state index in [1.54, 1.807) is 23.0 Å². The number of nitrogens with zero attached hydrogens (tertiary/aromatic N) is 5. The Bertz CT molecular complexity index is 1200. The predicted octanol–water partition coefficient (Wildman–Crippen LogP) is 3.53. The van der Waals surface area contributed by atoms with Gasteiger partial charge in [0.1, 0.15) is 5.75 Å². The van der Waals surface area contributed by atoms with E-state index in [-0.39, 0.29) is 17.1 Å². The maximum Gasteiger partial charge on any atom is 0.276 e. The molecule has 0 aliphatic rings. The van der Waals surface area contributed by atoms with Crippen LogP contribution in [-0.4, -0.2) is 35.4 Å². The van der Waals surface area contributed by atoms with Crippen LogP contribution in [0.2, 0.25) is 5.02 Å². The Morgan fingerprint density at radius 3 is 2.86 bits per heavy atom. The van der Waals surface area contributed by atoms with E-state index in [4.69, 9.17) is 11.6 Å². The highest BCUT2D eigenvalue weighted by molar-refractivity contribution is 6.31. The standard InChI is InChI=1S/C19H17ClN6O2/c1-3-25-11(2)13(10-22-25)16-6-7-21-18-9-15(24-26(16)18)19(28)23-14-8-12(20)4-5-17(14)27/h4-10,27H,3H2,1-2H3,(H,23,28). The van der Waals surface area contributed by atoms with E-state index in [1.807, 2.05) is 24.6 Å². The van der Waals surface area contributed by atoms with Crippen LogP contribution in [0.5, 0.6) is 5.75 Å². The quantitative estimate of drug-likeness (QED) is 0.514. The van der Waals surface area contributed by atoms with Crippen LogP contribution in [-0.2, 0) is 6.54 Å². The van der Waals surface area contributed by atoms with Crippen LogP contribution < -0.4 is 5.32 Å². The molecule has 0 aliphatic heterocycles. The van der Waals surface area contributed by atoms with Gasteiger partial charge in [0, 0.05) is 35.1 Å². The number of phenols is 1. The molecule has 3 heterocycles. The Hall–Kier alpha value is -3.39. The summed E-state index contributed by atoms with van der Waals surface area (Å²) in [7, 11) is 0. The molecule has 0 saturated heterocycles. The number of benzene rings is 1. The first-order valence-corrected chi connectivity index (χ1v) is 9.03. The van der Waals surface area contributed by atoms with E-state index >= 15 is 0 Å². The summed E-state index contributed by atoms with van der Waals surface area (Å²) in [6.07, 6.45) is 3.44. The third-order valence-corrected chi connectivity index (χ3v) is 4.71. The first-order chi connectivity index (χ1) is 13.5. The highest BCUT2D eigenvalue weighted by Crippen LogP contribution is 2.27. The maximum absolute atomic E-state index is 12.6. The minimum absolute atomic E-state index is 0.0806. The van der Waals surface area contributed by atoms with Crippen molar-refractivity contribution in [3.05, 3.63) is 59.1 Å². The fourth-order valence-electron chi connectivity index (χ4n) is 3.02. The number of phenolic OH excluding ortho intramolecular Hbond substituents is 1. The molecule has 0 saturated carbocycles. The number of amides is 1. The molecular weight excluding hydrogens is 380 g/mol. The van der Waals surface area contributed by atoms with E-state index in [9.17, 15) is 9.90 Å². The molecule has 28 heavy (non-hydrogen) atoms. The van der Waals surface area contributed by atoms with Crippen LogP contribution in [0.15, 0.2) is 42.7 Å². The Morgan fingerprint density at radius 2 is 2.11 bits per heavy atom. The molecular formula is C19H17ClN6O2. The average Bonchev–Trinajstić information content (AvgIpc) is 3.28. The number of aryl methyl sites for hydroxylation is 1. The van der Waals surface area contributed by atoms with Gasteiger partial charge in [-0.25, -0.2) is 9.50 Å². The average molecular weight is 397 g/mol. The number of fused-ring (bicyclic) bond motifs is 1. The Kier molecular flexibility index (Phi) is 4.48. The van der Waals surface area contributed by atoms with Crippen molar-refractivity contribution >= 4 is 28.8 Å². The zero-order valence-corrected chi connectivity index (χ0v) is 16.0. The summed E-state index contributed by atoms with van der Waals surface area (Å²) in [6, 6.07) is 7.83. The monoisotopic (exact) mass is 396 g/mol. The first kappa shape index (κ1) is 18.0. The van der Waals surface area contributed by atoms with Gasteiger partial charge in [-0.2, -0.15) is 10.2 Å². The Labute approximate surface area is 165 Å². The van der Waals surface area contributed by atoms with Gasteiger partial charge in [-0.1, -0.05) is 11.6 Å². The van der Waals surface area contributed by atoms with Gasteiger partial charge in [0.05, 0.1) is 17.6 Å². The largest absolute Gasteiger partial charge is 0.506 e. The molecule has 0 radical (unpaired) electrons. The Balaban J connectivity index is 1.73. The second-order valence-corrected chi connectivity index (χ2v) is 6.64. The zero-order chi connectivity index (χ0) is 19.8. The number of halogens is 1. The van der Waals surface area contributed by atoms with E-state index < -0.39 is 5.91 Å². The summed E-state index contributed by atoms with van der Waals surface area (Å²) < 4.78 is 3.50. The fraction of sp³-hybridized carbons (Fsp3) is 0.158. The minimum Gasteiger partial charge on any atom is -0.506 e. The van der Waals surface area contributed by atoms with Crippen molar-refractivity contribution in [1.82, 2.24) is 24.4 Å². The lowest BCUT2D eigenvalue weighted by Crippen LogP contribution is -2.13. The van der Waals surface area contributed by atoms with Crippen molar-refractivity contribution in [2.75, 3.05) is 5.32 Å². The molecule has 4 aromatic rings. The summed E-state index contributed by atoms with van der Waals surface area (Å²) in [5.41, 5.74) is 3.60. The highest BCUT2D eigenvalue weighted by Gasteiger charge is 2.17. The van der Waals surface area contributed by atoms with Crippen molar-refractivity contribution in [1.29, 1.82) is 0 Å². The number of anilines is 1. The van der Waals surface area contributed by atoms with E-state index in [2.05, 4.69) is 20.5 Å². The zero-order valence-electron chi connectivity index (χ0n) is 15.2. The van der Waals surface area contributed by atoms with Gasteiger partial charge in [-0.15, -0.1) is 0 Å². The van der Waals surface area contributed by atoms with Crippen LogP contribution in [0.4, 0.5) is 5.69 Å². The maximum atomic E-state index is 12.6. The third-order valence-electron chi connectivity index (χ3n) is 4.48. The molecule has 9 heteroatoms. The van der Waals surface area contributed by atoms with Gasteiger partial charge in [-0.3, -0.25) is 9.48 Å². The first-order valence-electron chi connectivity index (χ1n) is 8.65. The molecule has 8 nitrogen and oxygen atoms in total. The summed E-state index contributed by atoms with van der Waals surface area (Å²) in [4.78, 5) is 16.9. The van der Waals surface area contributed by atoms with Crippen molar-refractivity contribution in [2.24, 2.45) is 0 Å². The topological polar surface area (TPSA) is 97.3 Å². The van der Waals surface area contributed by atoms with E-state index in [1.165, 1.54) is 18.2 Å². The van der Waals surface area contributed by atoms with Crippen LogP contribution >= 0.6 is 11.6 Å². The molecule has 1 amide bonds. The molecule has 142 valence electrons. The molecule has 0 unspecified atom stereocenters. The number of rotatable bonds is 4. The molecule has 0 spiro atoms. The van der Waals surface area contributed by atoms with Gasteiger partial charge in [0.2, 0.25) is 0 Å². The normalized spacial score (nSPS) is 11.1. The SMILES string of the molecule is CCn1ncc(-c2ccnc3cc(C(=O)Nc4cc(Cl)ccc4O)nn23)c1C. The fourth-order valence-corrected chi connectivity index (χ4v) is 3.19. The van der Waals surface area contributed by atoms with Crippen molar-refractivity contribution in [3.8, 4) is 17.0 Å². The van der Waals surface area contributed by atoms with E-state index in [0.717, 1.165) is 23.5 Å². The number of nitrogens with one attached hydrogen (secondary N) is 1. The van der Waals surface area contributed by atoms with Gasteiger partial charge in [-0.05, 0) is 38.1 Å². The second kappa shape index (κ2) is 6.97.